The van der Waals surface area contributed by atoms with E-state index < -0.39 is 0 Å². The number of non-ortho nitro benzene ring substituents is 1. The summed E-state index contributed by atoms with van der Waals surface area (Å²) in [6.45, 7) is 0. The van der Waals surface area contributed by atoms with E-state index in [9.17, 15) is 14.9 Å². The summed E-state index contributed by atoms with van der Waals surface area (Å²) in [6, 6.07) is 6.73. The van der Waals surface area contributed by atoms with Gasteiger partial charge in [0.15, 0.2) is 5.78 Å². The number of thioether (sulfide) groups is 1. The van der Waals surface area contributed by atoms with Gasteiger partial charge < -0.3 is 5.32 Å². The smallest absolute Gasteiger partial charge is 0.269 e. The number of carbonyl (C=O) groups is 1. The molecule has 0 radical (unpaired) electrons. The minimum atomic E-state index is -0.375. The molecular formula is C17H16N2O3S. The lowest BCUT2D eigenvalue weighted by Crippen LogP contribution is -2.27. The van der Waals surface area contributed by atoms with Crippen LogP contribution in [0.5, 0.6) is 0 Å². The quantitative estimate of drug-likeness (QED) is 0.663. The summed E-state index contributed by atoms with van der Waals surface area (Å²) in [6.07, 6.45) is 3.39. The van der Waals surface area contributed by atoms with Crippen LogP contribution in [0.15, 0.2) is 46.1 Å². The molecule has 0 aromatic heterocycles. The first-order valence-electron chi connectivity index (χ1n) is 7.78. The predicted molar refractivity (Wildman–Crippen MR) is 89.0 cm³/mol. The molecule has 0 amide bonds. The Labute approximate surface area is 138 Å². The van der Waals surface area contributed by atoms with Crippen molar-refractivity contribution in [3.8, 4) is 0 Å². The maximum absolute atomic E-state index is 12.4. The molecule has 23 heavy (non-hydrogen) atoms. The Morgan fingerprint density at radius 1 is 1.22 bits per heavy atom. The number of nitrogens with one attached hydrogen (secondary N) is 1. The summed E-state index contributed by atoms with van der Waals surface area (Å²) in [5, 5.41) is 14.6. The third kappa shape index (κ3) is 2.37. The molecule has 0 spiro atoms. The Morgan fingerprint density at radius 3 is 2.91 bits per heavy atom. The lowest BCUT2D eigenvalue weighted by atomic mass is 9.85. The van der Waals surface area contributed by atoms with Gasteiger partial charge in [-0.3, -0.25) is 14.9 Å². The Hall–Kier alpha value is -2.08. The molecule has 5 nitrogen and oxygen atoms in total. The number of carbonyl (C=O) groups excluding carboxylic acids is 1. The number of rotatable bonds is 2. The number of nitro groups is 1. The van der Waals surface area contributed by atoms with Crippen LogP contribution in [0.3, 0.4) is 0 Å². The summed E-state index contributed by atoms with van der Waals surface area (Å²) >= 11 is 1.78. The molecule has 6 heteroatoms. The monoisotopic (exact) mass is 328 g/mol. The summed E-state index contributed by atoms with van der Waals surface area (Å²) in [5.74, 6) is 1.06. The van der Waals surface area contributed by atoms with Crippen molar-refractivity contribution >= 4 is 23.2 Å². The Balaban J connectivity index is 1.86. The van der Waals surface area contributed by atoms with Gasteiger partial charge in [-0.25, -0.2) is 0 Å². The van der Waals surface area contributed by atoms with Crippen LogP contribution in [-0.2, 0) is 4.79 Å². The second-order valence-corrected chi connectivity index (χ2v) is 7.16. The zero-order valence-corrected chi connectivity index (χ0v) is 13.3. The standard InChI is InChI=1S/C17H16N2O3S/c20-14-7-6-12-16(14)15(17-13(18-12)5-2-8-23-17)10-3-1-4-11(9-10)19(21)22/h1,3-4,9,15,18H,2,5-8H2. The van der Waals surface area contributed by atoms with Crippen molar-refractivity contribution < 1.29 is 9.72 Å². The van der Waals surface area contributed by atoms with Gasteiger partial charge in [-0.05, 0) is 30.6 Å². The van der Waals surface area contributed by atoms with Crippen LogP contribution < -0.4 is 5.32 Å². The summed E-state index contributed by atoms with van der Waals surface area (Å²) in [4.78, 5) is 24.3. The number of benzene rings is 1. The Bertz CT molecular complexity index is 782. The second-order valence-electron chi connectivity index (χ2n) is 6.02. The van der Waals surface area contributed by atoms with Crippen molar-refractivity contribution in [2.45, 2.75) is 31.6 Å². The third-order valence-corrected chi connectivity index (χ3v) is 5.91. The predicted octanol–water partition coefficient (Wildman–Crippen LogP) is 3.64. The van der Waals surface area contributed by atoms with Crippen LogP contribution in [0.1, 0.15) is 37.2 Å². The minimum absolute atomic E-state index is 0.0802. The van der Waals surface area contributed by atoms with Crippen molar-refractivity contribution in [1.82, 2.24) is 5.32 Å². The van der Waals surface area contributed by atoms with Gasteiger partial charge in [-0.2, -0.15) is 0 Å². The van der Waals surface area contributed by atoms with Gasteiger partial charge in [-0.1, -0.05) is 12.1 Å². The molecular weight excluding hydrogens is 312 g/mol. The van der Waals surface area contributed by atoms with Gasteiger partial charge in [0.2, 0.25) is 0 Å². The van der Waals surface area contributed by atoms with E-state index in [4.69, 9.17) is 0 Å². The molecule has 4 rings (SSSR count). The Morgan fingerprint density at radius 2 is 2.09 bits per heavy atom. The summed E-state index contributed by atoms with van der Waals surface area (Å²) in [7, 11) is 0. The largest absolute Gasteiger partial charge is 0.361 e. The van der Waals surface area contributed by atoms with Gasteiger partial charge in [0.25, 0.3) is 5.69 Å². The van der Waals surface area contributed by atoms with Gasteiger partial charge in [0.05, 0.1) is 4.92 Å². The molecule has 1 N–H and O–H groups in total. The SMILES string of the molecule is O=C1CCC2=C1C(c1cccc([N+](=O)[O-])c1)C1=C(CCCS1)N2. The highest BCUT2D eigenvalue weighted by molar-refractivity contribution is 8.03. The number of nitrogens with zero attached hydrogens (tertiary/aromatic N) is 1. The van der Waals surface area contributed by atoms with E-state index >= 15 is 0 Å². The molecule has 1 aromatic carbocycles. The first-order chi connectivity index (χ1) is 11.1. The molecule has 1 aromatic rings. The summed E-state index contributed by atoms with van der Waals surface area (Å²) < 4.78 is 0. The van der Waals surface area contributed by atoms with Crippen molar-refractivity contribution in [2.75, 3.05) is 5.75 Å². The maximum atomic E-state index is 12.4. The van der Waals surface area contributed by atoms with Gasteiger partial charge >= 0.3 is 0 Å². The third-order valence-electron chi connectivity index (χ3n) is 4.62. The molecule has 0 saturated heterocycles. The summed E-state index contributed by atoms with van der Waals surface area (Å²) in [5.41, 5.74) is 3.97. The zero-order valence-electron chi connectivity index (χ0n) is 12.5. The molecule has 3 aliphatic rings. The van der Waals surface area contributed by atoms with Crippen LogP contribution in [-0.4, -0.2) is 16.5 Å². The van der Waals surface area contributed by atoms with E-state index in [0.717, 1.165) is 41.8 Å². The number of Topliss-reactive ketones (excluding diaryl/α,β-unsaturated/α-hetero) is 1. The van der Waals surface area contributed by atoms with Crippen molar-refractivity contribution in [3.05, 3.63) is 61.8 Å². The topological polar surface area (TPSA) is 72.2 Å². The fourth-order valence-electron chi connectivity index (χ4n) is 3.61. The Kier molecular flexibility index (Phi) is 3.49. The number of allylic oxidation sites excluding steroid dienone is 4. The number of ketones is 1. The van der Waals surface area contributed by atoms with E-state index in [-0.39, 0.29) is 22.3 Å². The van der Waals surface area contributed by atoms with E-state index in [1.54, 1.807) is 23.9 Å². The normalized spacial score (nSPS) is 23.5. The molecule has 0 bridgehead atoms. The molecule has 2 heterocycles. The average Bonchev–Trinajstić information content (AvgIpc) is 2.93. The van der Waals surface area contributed by atoms with Gasteiger partial charge in [0, 0.05) is 46.3 Å². The average molecular weight is 328 g/mol. The van der Waals surface area contributed by atoms with Crippen molar-refractivity contribution in [3.63, 3.8) is 0 Å². The van der Waals surface area contributed by atoms with Crippen LogP contribution in [0.25, 0.3) is 0 Å². The van der Waals surface area contributed by atoms with Gasteiger partial charge in [0.1, 0.15) is 0 Å². The van der Waals surface area contributed by atoms with Crippen molar-refractivity contribution in [2.24, 2.45) is 0 Å². The van der Waals surface area contributed by atoms with Crippen LogP contribution in [0.4, 0.5) is 5.69 Å². The number of hydrogen-bond donors (Lipinski definition) is 1. The molecule has 0 saturated carbocycles. The molecule has 1 atom stereocenters. The van der Waals surface area contributed by atoms with Crippen LogP contribution in [0.2, 0.25) is 0 Å². The highest BCUT2D eigenvalue weighted by Crippen LogP contribution is 2.49. The molecule has 2 aliphatic heterocycles. The first-order valence-corrected chi connectivity index (χ1v) is 8.77. The van der Waals surface area contributed by atoms with Crippen molar-refractivity contribution in [1.29, 1.82) is 0 Å². The molecule has 0 fully saturated rings. The van der Waals surface area contributed by atoms with E-state index in [1.165, 1.54) is 16.7 Å². The lowest BCUT2D eigenvalue weighted by Gasteiger charge is -2.33. The van der Waals surface area contributed by atoms with Crippen LogP contribution in [0, 0.1) is 10.1 Å². The maximum Gasteiger partial charge on any atom is 0.269 e. The van der Waals surface area contributed by atoms with E-state index in [1.807, 2.05) is 6.07 Å². The number of dihydropyridines is 1. The van der Waals surface area contributed by atoms with E-state index in [2.05, 4.69) is 5.32 Å². The number of hydrogen-bond acceptors (Lipinski definition) is 5. The zero-order chi connectivity index (χ0) is 16.0. The minimum Gasteiger partial charge on any atom is -0.361 e. The molecule has 118 valence electrons. The fourth-order valence-corrected chi connectivity index (χ4v) is 4.87. The fraction of sp³-hybridized carbons (Fsp3) is 0.353. The molecule has 1 aliphatic carbocycles. The number of nitro benzene ring substituents is 1. The highest BCUT2D eigenvalue weighted by atomic mass is 32.2. The van der Waals surface area contributed by atoms with Crippen LogP contribution >= 0.6 is 11.8 Å². The second kappa shape index (κ2) is 5.53. The lowest BCUT2D eigenvalue weighted by molar-refractivity contribution is -0.384. The van der Waals surface area contributed by atoms with Gasteiger partial charge in [-0.15, -0.1) is 11.8 Å². The first kappa shape index (κ1) is 14.5. The molecule has 1 unspecified atom stereocenters. The highest BCUT2D eigenvalue weighted by Gasteiger charge is 2.39. The van der Waals surface area contributed by atoms with E-state index in [0.29, 0.717) is 6.42 Å².